The van der Waals surface area contributed by atoms with Gasteiger partial charge in [-0.05, 0) is 89.9 Å². The Balaban J connectivity index is 3.70. The zero-order chi connectivity index (χ0) is 44.9. The quantitative estimate of drug-likeness (QED) is 0.0422. The SMILES string of the molecule is CC/C=C\C/C=C\C/C=C\C/C=C\C/C=C\C/C=C\C/C=C\C/C=C\C/C=C\C/C=C\CCCCC(=O)NC(CO)C(O)CCCCCCCCCCCCCCCCCCC. The van der Waals surface area contributed by atoms with Gasteiger partial charge in [0.1, 0.15) is 0 Å². The van der Waals surface area contributed by atoms with E-state index in [2.05, 4.69) is 141 Å². The highest BCUT2D eigenvalue weighted by Gasteiger charge is 2.19. The molecule has 0 fully saturated rings. The molecule has 0 spiro atoms. The lowest BCUT2D eigenvalue weighted by atomic mass is 10.0. The molecular formula is C58H97NO3. The summed E-state index contributed by atoms with van der Waals surface area (Å²) in [6, 6.07) is -0.569. The van der Waals surface area contributed by atoms with E-state index in [1.165, 1.54) is 96.3 Å². The van der Waals surface area contributed by atoms with Gasteiger partial charge in [-0.15, -0.1) is 0 Å². The van der Waals surface area contributed by atoms with Gasteiger partial charge in [0.05, 0.1) is 18.8 Å². The van der Waals surface area contributed by atoms with Crippen LogP contribution >= 0.6 is 0 Å². The molecule has 2 unspecified atom stereocenters. The summed E-state index contributed by atoms with van der Waals surface area (Å²) >= 11 is 0. The second kappa shape index (κ2) is 52.1. The van der Waals surface area contributed by atoms with E-state index in [0.717, 1.165) is 96.3 Å². The minimum atomic E-state index is -0.687. The molecule has 0 saturated heterocycles. The minimum absolute atomic E-state index is 0.0779. The molecule has 0 aliphatic rings. The zero-order valence-electron chi connectivity index (χ0n) is 40.3. The minimum Gasteiger partial charge on any atom is -0.394 e. The molecule has 0 aromatic rings. The molecular weight excluding hydrogens is 759 g/mol. The first-order valence-electron chi connectivity index (χ1n) is 25.7. The van der Waals surface area contributed by atoms with Gasteiger partial charge in [0.15, 0.2) is 0 Å². The molecule has 352 valence electrons. The summed E-state index contributed by atoms with van der Waals surface area (Å²) in [4.78, 5) is 12.4. The van der Waals surface area contributed by atoms with Crippen LogP contribution in [0.25, 0.3) is 0 Å². The van der Waals surface area contributed by atoms with Gasteiger partial charge in [-0.2, -0.15) is 0 Å². The van der Waals surface area contributed by atoms with Crippen molar-refractivity contribution in [3.8, 4) is 0 Å². The largest absolute Gasteiger partial charge is 0.394 e. The molecule has 0 radical (unpaired) electrons. The third-order valence-corrected chi connectivity index (χ3v) is 11.0. The number of aliphatic hydroxyl groups excluding tert-OH is 2. The summed E-state index contributed by atoms with van der Waals surface area (Å²) in [5.74, 6) is -0.0779. The predicted molar refractivity (Wildman–Crippen MR) is 276 cm³/mol. The Morgan fingerprint density at radius 3 is 1.03 bits per heavy atom. The van der Waals surface area contributed by atoms with Gasteiger partial charge in [-0.25, -0.2) is 0 Å². The molecule has 0 bridgehead atoms. The molecule has 0 saturated carbocycles. The number of carbonyl (C=O) groups excluding carboxylic acids is 1. The van der Waals surface area contributed by atoms with Crippen LogP contribution in [-0.2, 0) is 4.79 Å². The molecule has 0 aliphatic heterocycles. The van der Waals surface area contributed by atoms with Crippen molar-refractivity contribution in [3.63, 3.8) is 0 Å². The number of nitrogens with one attached hydrogen (secondary N) is 1. The van der Waals surface area contributed by atoms with Gasteiger partial charge in [0.25, 0.3) is 0 Å². The van der Waals surface area contributed by atoms with Crippen LogP contribution in [0.3, 0.4) is 0 Å². The number of rotatable bonds is 45. The monoisotopic (exact) mass is 856 g/mol. The number of allylic oxidation sites excluding steroid dienone is 20. The number of hydrogen-bond donors (Lipinski definition) is 3. The second-order valence-electron chi connectivity index (χ2n) is 16.9. The van der Waals surface area contributed by atoms with Crippen LogP contribution in [-0.4, -0.2) is 34.9 Å². The summed E-state index contributed by atoms with van der Waals surface area (Å²) in [7, 11) is 0. The van der Waals surface area contributed by atoms with E-state index in [0.29, 0.717) is 12.8 Å². The van der Waals surface area contributed by atoms with Gasteiger partial charge in [-0.3, -0.25) is 4.79 Å². The first-order chi connectivity index (χ1) is 30.7. The van der Waals surface area contributed by atoms with Gasteiger partial charge >= 0.3 is 0 Å². The van der Waals surface area contributed by atoms with E-state index in [4.69, 9.17) is 0 Å². The van der Waals surface area contributed by atoms with Crippen LogP contribution in [0, 0.1) is 0 Å². The lowest BCUT2D eigenvalue weighted by Crippen LogP contribution is -2.45. The summed E-state index contributed by atoms with van der Waals surface area (Å²) < 4.78 is 0. The van der Waals surface area contributed by atoms with E-state index in [1.54, 1.807) is 0 Å². The highest BCUT2D eigenvalue weighted by molar-refractivity contribution is 5.76. The number of aliphatic hydroxyl groups is 2. The van der Waals surface area contributed by atoms with Crippen molar-refractivity contribution in [2.75, 3.05) is 6.61 Å². The molecule has 0 aromatic heterocycles. The summed E-state index contributed by atoms with van der Waals surface area (Å²) in [5.41, 5.74) is 0. The van der Waals surface area contributed by atoms with Crippen molar-refractivity contribution in [1.82, 2.24) is 5.32 Å². The standard InChI is InChI=1S/C58H97NO3/c1-3-5-7-9-11-13-15-17-19-21-22-23-24-25-26-27-28-29-30-31-32-33-34-35-36-38-40-42-44-46-48-50-52-54-58(62)59-56(55-60)57(61)53-51-49-47-45-43-41-39-37-20-18-16-14-12-10-8-6-4-2/h5,7,11,13,17,19,22-23,25-26,28-29,31-32,34-35,38,40,44,46,56-57,60-61H,3-4,6,8-10,12,14-16,18,20-21,24,27,30,33,36-37,39,41-43,45,47-55H2,1-2H3,(H,59,62)/b7-5-,13-11-,19-17-,23-22-,26-25-,29-28-,32-31-,35-34-,40-38-,46-44-. The van der Waals surface area contributed by atoms with Crippen LogP contribution < -0.4 is 5.32 Å². The number of carbonyl (C=O) groups is 1. The number of amides is 1. The van der Waals surface area contributed by atoms with Crippen LogP contribution in [0.4, 0.5) is 0 Å². The summed E-state index contributed by atoms with van der Waals surface area (Å²) in [5, 5.41) is 23.2. The topological polar surface area (TPSA) is 69.6 Å². The summed E-state index contributed by atoms with van der Waals surface area (Å²) in [6.45, 7) is 4.22. The van der Waals surface area contributed by atoms with Crippen molar-refractivity contribution in [3.05, 3.63) is 122 Å². The number of hydrogen-bond acceptors (Lipinski definition) is 3. The molecule has 3 N–H and O–H groups in total. The number of unbranched alkanes of at least 4 members (excludes halogenated alkanes) is 18. The highest BCUT2D eigenvalue weighted by Crippen LogP contribution is 2.15. The van der Waals surface area contributed by atoms with E-state index in [-0.39, 0.29) is 12.5 Å². The lowest BCUT2D eigenvalue weighted by molar-refractivity contribution is -0.123. The van der Waals surface area contributed by atoms with Crippen LogP contribution in [0.15, 0.2) is 122 Å². The van der Waals surface area contributed by atoms with Gasteiger partial charge < -0.3 is 15.5 Å². The van der Waals surface area contributed by atoms with E-state index >= 15 is 0 Å². The molecule has 62 heavy (non-hydrogen) atoms. The fourth-order valence-corrected chi connectivity index (χ4v) is 7.09. The highest BCUT2D eigenvalue weighted by atomic mass is 16.3. The van der Waals surface area contributed by atoms with Crippen molar-refractivity contribution < 1.29 is 15.0 Å². The molecule has 0 heterocycles. The molecule has 0 aromatic carbocycles. The molecule has 2 atom stereocenters. The fourth-order valence-electron chi connectivity index (χ4n) is 7.09. The Morgan fingerprint density at radius 1 is 0.403 bits per heavy atom. The normalized spacial score (nSPS) is 13.9. The Morgan fingerprint density at radius 2 is 0.710 bits per heavy atom. The Labute approximate surface area is 384 Å². The van der Waals surface area contributed by atoms with Crippen molar-refractivity contribution in [2.45, 2.75) is 231 Å². The third-order valence-electron chi connectivity index (χ3n) is 11.0. The second-order valence-corrected chi connectivity index (χ2v) is 16.9. The molecule has 4 nitrogen and oxygen atoms in total. The first-order valence-corrected chi connectivity index (χ1v) is 25.7. The Kier molecular flexibility index (Phi) is 49.4. The fraction of sp³-hybridized carbons (Fsp3) is 0.638. The predicted octanol–water partition coefficient (Wildman–Crippen LogP) is 16.9. The first kappa shape index (κ1) is 58.8. The third kappa shape index (κ3) is 47.8. The van der Waals surface area contributed by atoms with E-state index in [9.17, 15) is 15.0 Å². The average molecular weight is 856 g/mol. The maximum absolute atomic E-state index is 12.4. The maximum atomic E-state index is 12.4. The molecule has 0 aliphatic carbocycles. The maximum Gasteiger partial charge on any atom is 0.220 e. The van der Waals surface area contributed by atoms with Crippen LogP contribution in [0.1, 0.15) is 219 Å². The van der Waals surface area contributed by atoms with Gasteiger partial charge in [0.2, 0.25) is 5.91 Å². The van der Waals surface area contributed by atoms with Crippen LogP contribution in [0.5, 0.6) is 0 Å². The van der Waals surface area contributed by atoms with Gasteiger partial charge in [0, 0.05) is 6.42 Å². The van der Waals surface area contributed by atoms with Crippen molar-refractivity contribution in [2.24, 2.45) is 0 Å². The summed E-state index contributed by atoms with van der Waals surface area (Å²) in [6.07, 6.45) is 80.1. The van der Waals surface area contributed by atoms with Gasteiger partial charge in [-0.1, -0.05) is 245 Å². The van der Waals surface area contributed by atoms with E-state index < -0.39 is 12.1 Å². The smallest absolute Gasteiger partial charge is 0.220 e. The van der Waals surface area contributed by atoms with Crippen molar-refractivity contribution in [1.29, 1.82) is 0 Å². The average Bonchev–Trinajstić information content (AvgIpc) is 3.28. The molecule has 0 rings (SSSR count). The van der Waals surface area contributed by atoms with Crippen molar-refractivity contribution >= 4 is 5.91 Å². The lowest BCUT2D eigenvalue weighted by Gasteiger charge is -2.22. The molecule has 1 amide bonds. The van der Waals surface area contributed by atoms with Crippen LogP contribution in [0.2, 0.25) is 0 Å². The Hall–Kier alpha value is -3.21. The Bertz CT molecular complexity index is 1240. The molecule has 4 heteroatoms. The van der Waals surface area contributed by atoms with E-state index in [1.807, 2.05) is 0 Å². The zero-order valence-corrected chi connectivity index (χ0v) is 40.3.